The average molecular weight is 371 g/mol. The van der Waals surface area contributed by atoms with Crippen LogP contribution in [0.15, 0.2) is 30.3 Å². The van der Waals surface area contributed by atoms with Crippen LogP contribution in [0.2, 0.25) is 4.82 Å². The van der Waals surface area contributed by atoms with Crippen LogP contribution in [0.3, 0.4) is 0 Å². The van der Waals surface area contributed by atoms with Gasteiger partial charge in [0.1, 0.15) is 0 Å². The fraction of sp³-hybridized carbons (Fsp3) is 0.647. The second kappa shape index (κ2) is 7.00. The molecule has 0 bridgehead atoms. The Hall–Kier alpha value is -0.421. The molecule has 0 amide bonds. The fourth-order valence-corrected chi connectivity index (χ4v) is 5.89. The van der Waals surface area contributed by atoms with E-state index in [2.05, 4.69) is 24.3 Å². The maximum atomic E-state index is 10.2. The molecule has 22 heavy (non-hydrogen) atoms. The van der Waals surface area contributed by atoms with Crippen LogP contribution < -0.4 is 4.46 Å². The van der Waals surface area contributed by atoms with E-state index in [1.165, 1.54) is 4.46 Å². The molecule has 0 spiro atoms. The third kappa shape index (κ3) is 4.10. The molecule has 2 aliphatic heterocycles. The zero-order valence-electron chi connectivity index (χ0n) is 13.1. The standard InChI is InChI=1S/C17H24O4Se/c1-17(2)20-11-12(21-17)10-15(16-14(18)8-9-19-16)22-13-6-4-3-5-7-13/h3-7,12,14-16,18H,8-11H2,1-2H3/t12-,14-,15+,16?/m0/s1. The quantitative estimate of drug-likeness (QED) is 0.797. The van der Waals surface area contributed by atoms with Crippen LogP contribution in [0.1, 0.15) is 26.7 Å². The van der Waals surface area contributed by atoms with Gasteiger partial charge in [-0.3, -0.25) is 0 Å². The van der Waals surface area contributed by atoms with Crippen molar-refractivity contribution >= 4 is 19.4 Å². The van der Waals surface area contributed by atoms with E-state index in [1.54, 1.807) is 0 Å². The maximum absolute atomic E-state index is 10.2. The Labute approximate surface area is 138 Å². The van der Waals surface area contributed by atoms with Crippen LogP contribution in [0.4, 0.5) is 0 Å². The monoisotopic (exact) mass is 372 g/mol. The molecule has 2 aliphatic rings. The Bertz CT molecular complexity index is 479. The van der Waals surface area contributed by atoms with E-state index in [9.17, 15) is 5.11 Å². The van der Waals surface area contributed by atoms with Gasteiger partial charge in [-0.05, 0) is 0 Å². The van der Waals surface area contributed by atoms with Crippen LogP contribution in [0.25, 0.3) is 0 Å². The molecule has 1 unspecified atom stereocenters. The summed E-state index contributed by atoms with van der Waals surface area (Å²) in [7, 11) is 0. The van der Waals surface area contributed by atoms with Crippen molar-refractivity contribution in [3.63, 3.8) is 0 Å². The molecule has 0 aliphatic carbocycles. The molecule has 2 fully saturated rings. The molecule has 1 aromatic rings. The van der Waals surface area contributed by atoms with E-state index in [0.29, 0.717) is 18.0 Å². The van der Waals surface area contributed by atoms with Gasteiger partial charge >= 0.3 is 138 Å². The molecular formula is C17H24O4Se. The molecule has 1 N–H and O–H groups in total. The Kier molecular flexibility index (Phi) is 5.23. The van der Waals surface area contributed by atoms with E-state index < -0.39 is 5.79 Å². The van der Waals surface area contributed by atoms with Gasteiger partial charge in [-0.1, -0.05) is 0 Å². The number of ether oxygens (including phenoxy) is 3. The van der Waals surface area contributed by atoms with Crippen molar-refractivity contribution in [3.05, 3.63) is 30.3 Å². The number of hydrogen-bond acceptors (Lipinski definition) is 4. The molecule has 0 saturated carbocycles. The zero-order valence-corrected chi connectivity index (χ0v) is 14.8. The molecule has 0 aromatic heterocycles. The fourth-order valence-electron chi connectivity index (χ4n) is 3.02. The minimum absolute atomic E-state index is 0.0764. The van der Waals surface area contributed by atoms with Gasteiger partial charge < -0.3 is 0 Å². The van der Waals surface area contributed by atoms with E-state index in [0.717, 1.165) is 12.8 Å². The number of rotatable bonds is 5. The molecule has 1 aromatic carbocycles. The Morgan fingerprint density at radius 1 is 1.32 bits per heavy atom. The van der Waals surface area contributed by atoms with Gasteiger partial charge in [0.2, 0.25) is 0 Å². The average Bonchev–Trinajstić information content (AvgIpc) is 3.05. The summed E-state index contributed by atoms with van der Waals surface area (Å²) < 4.78 is 18.8. The molecule has 4 nitrogen and oxygen atoms in total. The first kappa shape index (κ1) is 16.4. The summed E-state index contributed by atoms with van der Waals surface area (Å²) in [4.78, 5) is 0.301. The number of aliphatic hydroxyl groups is 1. The summed E-state index contributed by atoms with van der Waals surface area (Å²) >= 11 is 0.243. The third-order valence-corrected chi connectivity index (χ3v) is 6.81. The topological polar surface area (TPSA) is 47.9 Å². The van der Waals surface area contributed by atoms with E-state index >= 15 is 0 Å². The van der Waals surface area contributed by atoms with E-state index in [1.807, 2.05) is 19.9 Å². The first-order valence-corrected chi connectivity index (χ1v) is 9.71. The van der Waals surface area contributed by atoms with Crippen LogP contribution in [-0.2, 0) is 14.2 Å². The summed E-state index contributed by atoms with van der Waals surface area (Å²) in [6, 6.07) is 10.5. The SMILES string of the molecule is CC1(C)OC[C@H](C[C@@H]([Se]c2ccccc2)C2OCC[C@@H]2O)O1. The number of benzene rings is 1. The summed E-state index contributed by atoms with van der Waals surface area (Å²) in [6.45, 7) is 5.18. The van der Waals surface area contributed by atoms with Crippen molar-refractivity contribution in [3.8, 4) is 0 Å². The second-order valence-electron chi connectivity index (χ2n) is 6.35. The van der Waals surface area contributed by atoms with Crippen molar-refractivity contribution in [2.45, 2.75) is 55.6 Å². The van der Waals surface area contributed by atoms with Crippen molar-refractivity contribution in [2.24, 2.45) is 0 Å². The van der Waals surface area contributed by atoms with Gasteiger partial charge in [0.15, 0.2) is 0 Å². The zero-order chi connectivity index (χ0) is 15.6. The first-order valence-electron chi connectivity index (χ1n) is 7.87. The van der Waals surface area contributed by atoms with Crippen LogP contribution >= 0.6 is 0 Å². The van der Waals surface area contributed by atoms with E-state index in [-0.39, 0.29) is 33.3 Å². The van der Waals surface area contributed by atoms with Crippen molar-refractivity contribution < 1.29 is 19.3 Å². The molecular weight excluding hydrogens is 347 g/mol. The molecule has 2 heterocycles. The predicted molar refractivity (Wildman–Crippen MR) is 85.5 cm³/mol. The summed E-state index contributed by atoms with van der Waals surface area (Å²) in [6.07, 6.45) is 1.26. The van der Waals surface area contributed by atoms with Gasteiger partial charge in [0.25, 0.3) is 0 Å². The van der Waals surface area contributed by atoms with Gasteiger partial charge in [-0.15, -0.1) is 0 Å². The van der Waals surface area contributed by atoms with Gasteiger partial charge in [-0.25, -0.2) is 0 Å². The van der Waals surface area contributed by atoms with Gasteiger partial charge in [0.05, 0.1) is 0 Å². The Morgan fingerprint density at radius 2 is 2.09 bits per heavy atom. The number of hydrogen-bond donors (Lipinski definition) is 1. The van der Waals surface area contributed by atoms with Crippen LogP contribution in [0.5, 0.6) is 0 Å². The molecule has 2 saturated heterocycles. The van der Waals surface area contributed by atoms with Gasteiger partial charge in [-0.2, -0.15) is 0 Å². The third-order valence-electron chi connectivity index (χ3n) is 4.06. The molecule has 0 radical (unpaired) electrons. The molecule has 3 rings (SSSR count). The number of aliphatic hydroxyl groups excluding tert-OH is 1. The second-order valence-corrected chi connectivity index (χ2v) is 9.10. The summed E-state index contributed by atoms with van der Waals surface area (Å²) in [5.74, 6) is -0.496. The normalized spacial score (nSPS) is 32.2. The predicted octanol–water partition coefficient (Wildman–Crippen LogP) is 1.50. The Balaban J connectivity index is 1.69. The van der Waals surface area contributed by atoms with Crippen molar-refractivity contribution in [1.82, 2.24) is 0 Å². The molecule has 5 heteroatoms. The van der Waals surface area contributed by atoms with Crippen LogP contribution in [0, 0.1) is 0 Å². The van der Waals surface area contributed by atoms with Crippen LogP contribution in [-0.4, -0.2) is 57.4 Å². The molecule has 122 valence electrons. The summed E-state index contributed by atoms with van der Waals surface area (Å²) in [5, 5.41) is 10.2. The minimum atomic E-state index is -0.496. The van der Waals surface area contributed by atoms with Crippen molar-refractivity contribution in [1.29, 1.82) is 0 Å². The molecule has 4 atom stereocenters. The first-order chi connectivity index (χ1) is 10.5. The van der Waals surface area contributed by atoms with Crippen molar-refractivity contribution in [2.75, 3.05) is 13.2 Å². The Morgan fingerprint density at radius 3 is 2.68 bits per heavy atom. The summed E-state index contributed by atoms with van der Waals surface area (Å²) in [5.41, 5.74) is 0. The van der Waals surface area contributed by atoms with E-state index in [4.69, 9.17) is 14.2 Å². The van der Waals surface area contributed by atoms with Gasteiger partial charge in [0, 0.05) is 0 Å².